The summed E-state index contributed by atoms with van der Waals surface area (Å²) in [4.78, 5) is 8.70. The molecule has 0 saturated carbocycles. The number of likely N-dealkylation sites (N-methyl/N-ethyl adjacent to an activating group) is 1. The standard InChI is InChI=1S/C16H26N6OS/c1-13(2)22-12-18-19-14(22)9-20(3)10-16(23)5-4-7-21(11-16)15-17-6-8-24-15/h6,8,12-13,23H,4-5,7,9-11H2,1-3H3. The molecule has 0 radical (unpaired) electrons. The fourth-order valence-corrected chi connectivity index (χ4v) is 4.06. The maximum atomic E-state index is 11.1. The van der Waals surface area contributed by atoms with E-state index in [4.69, 9.17) is 0 Å². The first-order chi connectivity index (χ1) is 11.5. The summed E-state index contributed by atoms with van der Waals surface area (Å²) >= 11 is 1.63. The van der Waals surface area contributed by atoms with E-state index in [1.165, 1.54) is 0 Å². The molecule has 2 aromatic heterocycles. The van der Waals surface area contributed by atoms with Gasteiger partial charge < -0.3 is 14.6 Å². The van der Waals surface area contributed by atoms with Gasteiger partial charge in [0.2, 0.25) is 0 Å². The lowest BCUT2D eigenvalue weighted by molar-refractivity contribution is -0.00403. The van der Waals surface area contributed by atoms with Crippen LogP contribution in [0.25, 0.3) is 0 Å². The average molecular weight is 350 g/mol. The van der Waals surface area contributed by atoms with Crippen LogP contribution in [0.5, 0.6) is 0 Å². The van der Waals surface area contributed by atoms with E-state index < -0.39 is 5.60 Å². The highest BCUT2D eigenvalue weighted by molar-refractivity contribution is 7.13. The molecule has 0 aromatic carbocycles. The number of piperidine rings is 1. The van der Waals surface area contributed by atoms with Gasteiger partial charge in [-0.05, 0) is 33.7 Å². The van der Waals surface area contributed by atoms with Crippen molar-refractivity contribution in [1.82, 2.24) is 24.6 Å². The maximum absolute atomic E-state index is 11.1. The van der Waals surface area contributed by atoms with Gasteiger partial charge >= 0.3 is 0 Å². The lowest BCUT2D eigenvalue weighted by Crippen LogP contribution is -2.53. The molecule has 0 spiro atoms. The third kappa shape index (κ3) is 3.93. The van der Waals surface area contributed by atoms with Crippen molar-refractivity contribution in [3.8, 4) is 0 Å². The Bertz CT molecular complexity index is 643. The zero-order valence-corrected chi connectivity index (χ0v) is 15.4. The number of rotatable bonds is 6. The van der Waals surface area contributed by atoms with Crippen LogP contribution in [0.15, 0.2) is 17.9 Å². The summed E-state index contributed by atoms with van der Waals surface area (Å²) < 4.78 is 2.07. The molecule has 1 unspecified atom stereocenters. The van der Waals surface area contributed by atoms with E-state index in [-0.39, 0.29) is 0 Å². The Hall–Kier alpha value is -1.51. The molecule has 8 heteroatoms. The van der Waals surface area contributed by atoms with Gasteiger partial charge in [0, 0.05) is 30.7 Å². The fourth-order valence-electron chi connectivity index (χ4n) is 3.39. The molecule has 3 rings (SSSR count). The fraction of sp³-hybridized carbons (Fsp3) is 0.688. The third-order valence-electron chi connectivity index (χ3n) is 4.42. The smallest absolute Gasteiger partial charge is 0.185 e. The Balaban J connectivity index is 1.62. The quantitative estimate of drug-likeness (QED) is 0.856. The van der Waals surface area contributed by atoms with Crippen LogP contribution in [0.4, 0.5) is 5.13 Å². The summed E-state index contributed by atoms with van der Waals surface area (Å²) in [5.41, 5.74) is -0.721. The number of β-amino-alcohol motifs (C(OH)–C–C–N with tert-alkyl or cyclic N) is 1. The Labute approximate surface area is 146 Å². The van der Waals surface area contributed by atoms with Crippen molar-refractivity contribution in [2.45, 2.75) is 44.9 Å². The maximum Gasteiger partial charge on any atom is 0.185 e. The summed E-state index contributed by atoms with van der Waals surface area (Å²) in [6.07, 6.45) is 5.38. The van der Waals surface area contributed by atoms with Crippen molar-refractivity contribution < 1.29 is 5.11 Å². The Morgan fingerprint density at radius 2 is 2.29 bits per heavy atom. The Morgan fingerprint density at radius 1 is 1.46 bits per heavy atom. The summed E-state index contributed by atoms with van der Waals surface area (Å²) in [5.74, 6) is 0.934. The van der Waals surface area contributed by atoms with Gasteiger partial charge in [0.1, 0.15) is 12.2 Å². The molecular formula is C16H26N6OS. The zero-order chi connectivity index (χ0) is 17.2. The van der Waals surface area contributed by atoms with Crippen molar-refractivity contribution in [3.63, 3.8) is 0 Å². The first-order valence-corrected chi connectivity index (χ1v) is 9.28. The molecule has 1 aliphatic heterocycles. The van der Waals surface area contributed by atoms with Crippen molar-refractivity contribution in [2.75, 3.05) is 31.6 Å². The van der Waals surface area contributed by atoms with Gasteiger partial charge in [-0.1, -0.05) is 0 Å². The largest absolute Gasteiger partial charge is 0.387 e. The summed E-state index contributed by atoms with van der Waals surface area (Å²) in [5, 5.41) is 22.3. The van der Waals surface area contributed by atoms with E-state index in [0.29, 0.717) is 25.7 Å². The van der Waals surface area contributed by atoms with Crippen LogP contribution in [0.2, 0.25) is 0 Å². The number of hydrogen-bond donors (Lipinski definition) is 1. The number of anilines is 1. The molecule has 1 fully saturated rings. The zero-order valence-electron chi connectivity index (χ0n) is 14.6. The first kappa shape index (κ1) is 17.3. The molecule has 1 saturated heterocycles. The van der Waals surface area contributed by atoms with Crippen LogP contribution in [0.3, 0.4) is 0 Å². The Kier molecular flexibility index (Phi) is 5.17. The molecule has 0 amide bonds. The molecule has 2 aromatic rings. The van der Waals surface area contributed by atoms with E-state index in [2.05, 4.69) is 43.4 Å². The summed E-state index contributed by atoms with van der Waals surface area (Å²) in [6.45, 7) is 7.11. The average Bonchev–Trinajstić information content (AvgIpc) is 3.17. The van der Waals surface area contributed by atoms with Crippen LogP contribution < -0.4 is 4.90 Å². The minimum atomic E-state index is -0.721. The number of nitrogens with zero attached hydrogens (tertiary/aromatic N) is 6. The SMILES string of the molecule is CC(C)n1cnnc1CN(C)CC1(O)CCCN(c2nccs2)C1. The second-order valence-corrected chi connectivity index (χ2v) is 7.86. The molecule has 24 heavy (non-hydrogen) atoms. The van der Waals surface area contributed by atoms with Crippen LogP contribution in [-0.4, -0.2) is 62.0 Å². The van der Waals surface area contributed by atoms with E-state index in [9.17, 15) is 5.11 Å². The van der Waals surface area contributed by atoms with Crippen molar-refractivity contribution in [1.29, 1.82) is 0 Å². The molecular weight excluding hydrogens is 324 g/mol. The van der Waals surface area contributed by atoms with Crippen molar-refractivity contribution in [3.05, 3.63) is 23.7 Å². The minimum Gasteiger partial charge on any atom is -0.387 e. The molecule has 3 heterocycles. The van der Waals surface area contributed by atoms with Gasteiger partial charge in [-0.25, -0.2) is 4.98 Å². The monoisotopic (exact) mass is 350 g/mol. The highest BCUT2D eigenvalue weighted by Gasteiger charge is 2.35. The molecule has 1 aliphatic rings. The third-order valence-corrected chi connectivity index (χ3v) is 5.26. The molecule has 132 valence electrons. The molecule has 0 bridgehead atoms. The molecule has 0 aliphatic carbocycles. The Morgan fingerprint density at radius 3 is 3.00 bits per heavy atom. The lowest BCUT2D eigenvalue weighted by Gasteiger charge is -2.41. The van der Waals surface area contributed by atoms with Gasteiger partial charge in [-0.2, -0.15) is 0 Å². The minimum absolute atomic E-state index is 0.335. The highest BCUT2D eigenvalue weighted by Crippen LogP contribution is 2.28. The van der Waals surface area contributed by atoms with E-state index in [0.717, 1.165) is 30.3 Å². The molecule has 7 nitrogen and oxygen atoms in total. The van der Waals surface area contributed by atoms with Gasteiger partial charge in [0.15, 0.2) is 5.13 Å². The number of aliphatic hydroxyl groups is 1. The van der Waals surface area contributed by atoms with Gasteiger partial charge in [0.05, 0.1) is 18.7 Å². The second kappa shape index (κ2) is 7.16. The first-order valence-electron chi connectivity index (χ1n) is 8.41. The normalized spacial score (nSPS) is 21.8. The van der Waals surface area contributed by atoms with E-state index in [1.54, 1.807) is 17.7 Å². The molecule has 1 N–H and O–H groups in total. The number of hydrogen-bond acceptors (Lipinski definition) is 7. The second-order valence-electron chi connectivity index (χ2n) is 6.98. The molecule has 1 atom stereocenters. The topological polar surface area (TPSA) is 70.3 Å². The summed E-state index contributed by atoms with van der Waals surface area (Å²) in [6, 6.07) is 0.335. The number of thiazole rings is 1. The van der Waals surface area contributed by atoms with Crippen LogP contribution >= 0.6 is 11.3 Å². The van der Waals surface area contributed by atoms with Crippen LogP contribution in [0, 0.1) is 0 Å². The van der Waals surface area contributed by atoms with Crippen LogP contribution in [-0.2, 0) is 6.54 Å². The van der Waals surface area contributed by atoms with Crippen molar-refractivity contribution in [2.24, 2.45) is 0 Å². The lowest BCUT2D eigenvalue weighted by atomic mass is 9.92. The predicted octanol–water partition coefficient (Wildman–Crippen LogP) is 1.78. The predicted molar refractivity (Wildman–Crippen MR) is 95.3 cm³/mol. The van der Waals surface area contributed by atoms with Gasteiger partial charge in [-0.15, -0.1) is 21.5 Å². The van der Waals surface area contributed by atoms with Gasteiger partial charge in [0.25, 0.3) is 0 Å². The van der Waals surface area contributed by atoms with Crippen molar-refractivity contribution >= 4 is 16.5 Å². The number of aromatic nitrogens is 4. The summed E-state index contributed by atoms with van der Waals surface area (Å²) in [7, 11) is 2.03. The van der Waals surface area contributed by atoms with Gasteiger partial charge in [-0.3, -0.25) is 4.90 Å². The van der Waals surface area contributed by atoms with Crippen LogP contribution in [0.1, 0.15) is 38.6 Å². The van der Waals surface area contributed by atoms with E-state index in [1.807, 2.05) is 18.6 Å². The van der Waals surface area contributed by atoms with E-state index >= 15 is 0 Å². The highest BCUT2D eigenvalue weighted by atomic mass is 32.1.